The fourth-order valence-corrected chi connectivity index (χ4v) is 2.44. The second kappa shape index (κ2) is 6.97. The average Bonchev–Trinajstić information content (AvgIpc) is 2.46. The molecule has 0 bridgehead atoms. The Morgan fingerprint density at radius 2 is 1.68 bits per heavy atom. The molecule has 0 fully saturated rings. The second-order valence-corrected chi connectivity index (χ2v) is 5.85. The van der Waals surface area contributed by atoms with Gasteiger partial charge in [0.2, 0.25) is 0 Å². The predicted octanol–water partition coefficient (Wildman–Crippen LogP) is 5.37. The molecule has 1 atom stereocenters. The fourth-order valence-electron chi connectivity index (χ4n) is 1.92. The molecule has 0 aromatic heterocycles. The van der Waals surface area contributed by atoms with Crippen molar-refractivity contribution in [2.75, 3.05) is 7.11 Å². The highest BCUT2D eigenvalue weighted by Crippen LogP contribution is 2.27. The monoisotopic (exact) mass is 338 g/mol. The van der Waals surface area contributed by atoms with E-state index in [1.54, 1.807) is 7.11 Å². The summed E-state index contributed by atoms with van der Waals surface area (Å²) in [7, 11) is 1.68. The Kier molecular flexibility index (Phi) is 5.29. The third-order valence-electron chi connectivity index (χ3n) is 3.08. The van der Waals surface area contributed by atoms with Crippen LogP contribution in [0.4, 0.5) is 0 Å². The third-order valence-corrected chi connectivity index (χ3v) is 4.08. The number of rotatable bonds is 5. The molecular weight excluding hydrogens is 324 g/mol. The minimum atomic E-state index is 0.0511. The van der Waals surface area contributed by atoms with Crippen molar-refractivity contribution in [3.8, 4) is 5.75 Å². The number of alkyl halides is 1. The van der Waals surface area contributed by atoms with Crippen molar-refractivity contribution in [1.29, 1.82) is 0 Å². The minimum absolute atomic E-state index is 0.0511. The molecule has 1 nitrogen and oxygen atoms in total. The van der Waals surface area contributed by atoms with Crippen LogP contribution in [-0.2, 0) is 6.42 Å². The number of benzene rings is 2. The van der Waals surface area contributed by atoms with E-state index in [1.807, 2.05) is 24.3 Å². The van der Waals surface area contributed by atoms with E-state index in [1.165, 1.54) is 11.1 Å². The molecule has 0 aliphatic heterocycles. The Morgan fingerprint density at radius 3 is 2.26 bits per heavy atom. The summed E-state index contributed by atoms with van der Waals surface area (Å²) in [6.45, 7) is 0. The zero-order valence-electron chi connectivity index (χ0n) is 10.8. The third kappa shape index (κ3) is 4.26. The van der Waals surface area contributed by atoms with Gasteiger partial charge in [-0.25, -0.2) is 0 Å². The van der Waals surface area contributed by atoms with Crippen molar-refractivity contribution >= 4 is 27.5 Å². The molecule has 0 N–H and O–H groups in total. The molecule has 0 radical (unpaired) electrons. The van der Waals surface area contributed by atoms with E-state index in [4.69, 9.17) is 16.3 Å². The van der Waals surface area contributed by atoms with Crippen LogP contribution in [0.1, 0.15) is 22.9 Å². The molecule has 2 aromatic rings. The lowest BCUT2D eigenvalue weighted by molar-refractivity contribution is 0.414. The maximum Gasteiger partial charge on any atom is 0.118 e. The van der Waals surface area contributed by atoms with Gasteiger partial charge in [0, 0.05) is 4.47 Å². The normalized spacial score (nSPS) is 12.2. The second-order valence-electron chi connectivity index (χ2n) is 4.41. The molecule has 0 saturated heterocycles. The van der Waals surface area contributed by atoms with Gasteiger partial charge in [-0.05, 0) is 48.2 Å². The zero-order chi connectivity index (χ0) is 13.7. The van der Waals surface area contributed by atoms with Gasteiger partial charge < -0.3 is 4.74 Å². The van der Waals surface area contributed by atoms with Gasteiger partial charge in [0.1, 0.15) is 5.75 Å². The number of aryl methyl sites for hydroxylation is 1. The molecule has 0 aliphatic carbocycles. The summed E-state index contributed by atoms with van der Waals surface area (Å²) in [5.41, 5.74) is 2.45. The lowest BCUT2D eigenvalue weighted by Gasteiger charge is -2.10. The quantitative estimate of drug-likeness (QED) is 0.665. The summed E-state index contributed by atoms with van der Waals surface area (Å²) in [5, 5.41) is 0.0511. The largest absolute Gasteiger partial charge is 0.497 e. The smallest absolute Gasteiger partial charge is 0.118 e. The highest BCUT2D eigenvalue weighted by Gasteiger charge is 2.08. The Morgan fingerprint density at radius 1 is 1.05 bits per heavy atom. The maximum atomic E-state index is 6.43. The topological polar surface area (TPSA) is 9.23 Å². The lowest BCUT2D eigenvalue weighted by atomic mass is 10.0. The first-order chi connectivity index (χ1) is 9.19. The highest BCUT2D eigenvalue weighted by molar-refractivity contribution is 9.10. The molecule has 0 aliphatic rings. The number of methoxy groups -OCH3 is 1. The Bertz CT molecular complexity index is 507. The molecule has 100 valence electrons. The minimum Gasteiger partial charge on any atom is -0.497 e. The number of halogens is 2. The number of hydrogen-bond acceptors (Lipinski definition) is 1. The van der Waals surface area contributed by atoms with E-state index in [2.05, 4.69) is 40.2 Å². The van der Waals surface area contributed by atoms with Gasteiger partial charge in [-0.2, -0.15) is 0 Å². The first-order valence-electron chi connectivity index (χ1n) is 6.21. The molecule has 2 aromatic carbocycles. The van der Waals surface area contributed by atoms with E-state index >= 15 is 0 Å². The SMILES string of the molecule is COc1ccc(CCC(Cl)c2ccc(Br)cc2)cc1. The van der Waals surface area contributed by atoms with Crippen molar-refractivity contribution in [3.63, 3.8) is 0 Å². The summed E-state index contributed by atoms with van der Waals surface area (Å²) in [4.78, 5) is 0. The van der Waals surface area contributed by atoms with Crippen molar-refractivity contribution < 1.29 is 4.74 Å². The van der Waals surface area contributed by atoms with E-state index in [0.717, 1.165) is 23.1 Å². The van der Waals surface area contributed by atoms with Crippen LogP contribution in [0.15, 0.2) is 53.0 Å². The van der Waals surface area contributed by atoms with E-state index in [0.29, 0.717) is 0 Å². The molecule has 19 heavy (non-hydrogen) atoms. The fraction of sp³-hybridized carbons (Fsp3) is 0.250. The molecule has 3 heteroatoms. The van der Waals surface area contributed by atoms with Gasteiger partial charge in [-0.15, -0.1) is 11.6 Å². The summed E-state index contributed by atoms with van der Waals surface area (Å²) in [6, 6.07) is 16.3. The molecule has 2 rings (SSSR count). The highest BCUT2D eigenvalue weighted by atomic mass is 79.9. The van der Waals surface area contributed by atoms with Crippen molar-refractivity contribution in [2.45, 2.75) is 18.2 Å². The number of hydrogen-bond donors (Lipinski definition) is 0. The van der Waals surface area contributed by atoms with E-state index in [9.17, 15) is 0 Å². The van der Waals surface area contributed by atoms with Gasteiger partial charge in [0.05, 0.1) is 12.5 Å². The average molecular weight is 340 g/mol. The van der Waals surface area contributed by atoms with Crippen LogP contribution in [0, 0.1) is 0 Å². The van der Waals surface area contributed by atoms with Crippen molar-refractivity contribution in [1.82, 2.24) is 0 Å². The Labute approximate surface area is 127 Å². The molecular formula is C16H16BrClO. The molecule has 0 saturated carbocycles. The van der Waals surface area contributed by atoms with E-state index in [-0.39, 0.29) is 5.38 Å². The summed E-state index contributed by atoms with van der Waals surface area (Å²) < 4.78 is 6.22. The summed E-state index contributed by atoms with van der Waals surface area (Å²) >= 11 is 9.86. The predicted molar refractivity (Wildman–Crippen MR) is 84.1 cm³/mol. The first kappa shape index (κ1) is 14.4. The number of ether oxygens (including phenoxy) is 1. The van der Waals surface area contributed by atoms with Crippen LogP contribution < -0.4 is 4.74 Å². The van der Waals surface area contributed by atoms with Gasteiger partial charge in [0.25, 0.3) is 0 Å². The Balaban J connectivity index is 1.92. The van der Waals surface area contributed by atoms with Gasteiger partial charge in [0.15, 0.2) is 0 Å². The molecule has 1 unspecified atom stereocenters. The molecule has 0 spiro atoms. The van der Waals surface area contributed by atoms with Crippen LogP contribution in [0.2, 0.25) is 0 Å². The summed E-state index contributed by atoms with van der Waals surface area (Å²) in [6.07, 6.45) is 1.89. The molecule has 0 heterocycles. The first-order valence-corrected chi connectivity index (χ1v) is 7.44. The Hall–Kier alpha value is -0.990. The van der Waals surface area contributed by atoms with Gasteiger partial charge in [-0.3, -0.25) is 0 Å². The van der Waals surface area contributed by atoms with Crippen LogP contribution in [0.5, 0.6) is 5.75 Å². The van der Waals surface area contributed by atoms with Crippen molar-refractivity contribution in [2.24, 2.45) is 0 Å². The van der Waals surface area contributed by atoms with Gasteiger partial charge >= 0.3 is 0 Å². The van der Waals surface area contributed by atoms with Crippen molar-refractivity contribution in [3.05, 3.63) is 64.1 Å². The zero-order valence-corrected chi connectivity index (χ0v) is 13.1. The van der Waals surface area contributed by atoms with E-state index < -0.39 is 0 Å². The summed E-state index contributed by atoms with van der Waals surface area (Å²) in [5.74, 6) is 0.888. The van der Waals surface area contributed by atoms with Crippen LogP contribution in [-0.4, -0.2) is 7.11 Å². The van der Waals surface area contributed by atoms with Gasteiger partial charge in [-0.1, -0.05) is 40.2 Å². The lowest BCUT2D eigenvalue weighted by Crippen LogP contribution is -1.94. The van der Waals surface area contributed by atoms with Crippen LogP contribution >= 0.6 is 27.5 Å². The molecule has 0 amide bonds. The standard InChI is InChI=1S/C16H16BrClO/c1-19-15-9-2-12(3-10-15)4-11-16(18)13-5-7-14(17)8-6-13/h2-3,5-10,16H,4,11H2,1H3. The van der Waals surface area contributed by atoms with Crippen LogP contribution in [0.3, 0.4) is 0 Å². The van der Waals surface area contributed by atoms with Crippen LogP contribution in [0.25, 0.3) is 0 Å². The maximum absolute atomic E-state index is 6.43.